The summed E-state index contributed by atoms with van der Waals surface area (Å²) in [5.74, 6) is 0. The highest BCUT2D eigenvalue weighted by molar-refractivity contribution is 7.81. The molecular formula is C14H30O4S. The van der Waals surface area contributed by atoms with Crippen LogP contribution in [-0.2, 0) is 18.8 Å². The highest BCUT2D eigenvalue weighted by atomic mass is 32.3. The Morgan fingerprint density at radius 2 is 1.42 bits per heavy atom. The Kier molecular flexibility index (Phi) is 11.6. The fourth-order valence-electron chi connectivity index (χ4n) is 1.99. The van der Waals surface area contributed by atoms with Crippen LogP contribution in [0, 0.1) is 0 Å². The Balaban J connectivity index is 3.46. The van der Waals surface area contributed by atoms with Gasteiger partial charge in [0.05, 0.1) is 12.7 Å². The standard InChI is InChI=1S/C14H30O4S/c1-4-6-7-8-9-10-11-12-13-14(3)18-19(15,16)17-5-2/h14H,4-13H2,1-3H3. The maximum Gasteiger partial charge on any atom is 0.400 e. The van der Waals surface area contributed by atoms with Gasteiger partial charge in [0.15, 0.2) is 0 Å². The zero-order chi connectivity index (χ0) is 14.6. The van der Waals surface area contributed by atoms with Gasteiger partial charge in [0, 0.05) is 0 Å². The second-order valence-corrected chi connectivity index (χ2v) is 6.23. The molecule has 1 unspecified atom stereocenters. The molecule has 19 heavy (non-hydrogen) atoms. The molecule has 4 nitrogen and oxygen atoms in total. The smallest absolute Gasteiger partial charge is 0.248 e. The number of rotatable bonds is 13. The van der Waals surface area contributed by atoms with Crippen molar-refractivity contribution in [2.75, 3.05) is 6.61 Å². The Bertz CT molecular complexity index is 288. The second-order valence-electron chi connectivity index (χ2n) is 4.99. The van der Waals surface area contributed by atoms with E-state index in [4.69, 9.17) is 4.18 Å². The van der Waals surface area contributed by atoms with Gasteiger partial charge in [-0.05, 0) is 20.3 Å². The Morgan fingerprint density at radius 3 is 1.95 bits per heavy atom. The molecule has 116 valence electrons. The first-order valence-electron chi connectivity index (χ1n) is 7.59. The summed E-state index contributed by atoms with van der Waals surface area (Å²) in [6, 6.07) is 0. The molecule has 5 heteroatoms. The summed E-state index contributed by atoms with van der Waals surface area (Å²) in [5.41, 5.74) is 0. The minimum Gasteiger partial charge on any atom is -0.248 e. The van der Waals surface area contributed by atoms with Crippen molar-refractivity contribution in [2.45, 2.75) is 84.7 Å². The van der Waals surface area contributed by atoms with Crippen LogP contribution in [0.15, 0.2) is 0 Å². The van der Waals surface area contributed by atoms with Crippen LogP contribution in [0.4, 0.5) is 0 Å². The molecule has 0 saturated carbocycles. The first-order chi connectivity index (χ1) is 9.02. The molecule has 0 aromatic heterocycles. The molecule has 0 aromatic rings. The molecule has 0 saturated heterocycles. The van der Waals surface area contributed by atoms with Crippen LogP contribution in [-0.4, -0.2) is 21.1 Å². The van der Waals surface area contributed by atoms with Crippen molar-refractivity contribution in [3.05, 3.63) is 0 Å². The molecule has 1 atom stereocenters. The van der Waals surface area contributed by atoms with E-state index in [2.05, 4.69) is 11.1 Å². The van der Waals surface area contributed by atoms with Gasteiger partial charge in [-0.25, -0.2) is 8.37 Å². The third-order valence-electron chi connectivity index (χ3n) is 3.01. The van der Waals surface area contributed by atoms with Crippen LogP contribution in [0.2, 0.25) is 0 Å². The molecule has 0 spiro atoms. The molecule has 0 heterocycles. The minimum atomic E-state index is -3.79. The maximum atomic E-state index is 11.2. The summed E-state index contributed by atoms with van der Waals surface area (Å²) in [4.78, 5) is 0. The molecule has 0 bridgehead atoms. The quantitative estimate of drug-likeness (QED) is 0.478. The summed E-state index contributed by atoms with van der Waals surface area (Å²) in [5, 5.41) is 0. The van der Waals surface area contributed by atoms with E-state index in [1.807, 2.05) is 0 Å². The molecule has 0 fully saturated rings. The minimum absolute atomic E-state index is 0.118. The molecule has 0 aromatic carbocycles. The first-order valence-corrected chi connectivity index (χ1v) is 8.92. The van der Waals surface area contributed by atoms with Gasteiger partial charge in [0.1, 0.15) is 0 Å². The lowest BCUT2D eigenvalue weighted by atomic mass is 10.1. The maximum absolute atomic E-state index is 11.2. The summed E-state index contributed by atoms with van der Waals surface area (Å²) in [6.07, 6.45) is 10.4. The van der Waals surface area contributed by atoms with E-state index in [9.17, 15) is 8.42 Å². The van der Waals surface area contributed by atoms with Crippen molar-refractivity contribution < 1.29 is 16.8 Å². The van der Waals surface area contributed by atoms with Gasteiger partial charge in [-0.3, -0.25) is 0 Å². The summed E-state index contributed by atoms with van der Waals surface area (Å²) in [6.45, 7) is 5.74. The number of hydrogen-bond donors (Lipinski definition) is 0. The Hall–Kier alpha value is -0.130. The lowest BCUT2D eigenvalue weighted by molar-refractivity contribution is 0.162. The van der Waals surface area contributed by atoms with Gasteiger partial charge in [-0.2, -0.15) is 8.42 Å². The van der Waals surface area contributed by atoms with Crippen LogP contribution < -0.4 is 0 Å². The zero-order valence-corrected chi connectivity index (χ0v) is 13.5. The molecular weight excluding hydrogens is 264 g/mol. The van der Waals surface area contributed by atoms with E-state index < -0.39 is 10.4 Å². The van der Waals surface area contributed by atoms with Gasteiger partial charge < -0.3 is 0 Å². The third kappa shape index (κ3) is 12.6. The van der Waals surface area contributed by atoms with Crippen molar-refractivity contribution in [1.82, 2.24) is 0 Å². The van der Waals surface area contributed by atoms with E-state index in [-0.39, 0.29) is 12.7 Å². The van der Waals surface area contributed by atoms with E-state index in [1.54, 1.807) is 13.8 Å². The van der Waals surface area contributed by atoms with Crippen molar-refractivity contribution in [1.29, 1.82) is 0 Å². The van der Waals surface area contributed by atoms with E-state index >= 15 is 0 Å². The van der Waals surface area contributed by atoms with E-state index in [0.717, 1.165) is 19.3 Å². The number of unbranched alkanes of at least 4 members (excludes halogenated alkanes) is 7. The van der Waals surface area contributed by atoms with E-state index in [1.165, 1.54) is 38.5 Å². The average Bonchev–Trinajstić information content (AvgIpc) is 2.31. The van der Waals surface area contributed by atoms with Gasteiger partial charge in [-0.15, -0.1) is 0 Å². The van der Waals surface area contributed by atoms with Crippen LogP contribution >= 0.6 is 0 Å². The predicted octanol–water partition coefficient (Wildman–Crippen LogP) is 4.20. The Morgan fingerprint density at radius 1 is 0.895 bits per heavy atom. The molecule has 0 N–H and O–H groups in total. The van der Waals surface area contributed by atoms with Crippen molar-refractivity contribution in [3.8, 4) is 0 Å². The van der Waals surface area contributed by atoms with Crippen LogP contribution in [0.1, 0.15) is 78.6 Å². The van der Waals surface area contributed by atoms with Crippen molar-refractivity contribution in [2.24, 2.45) is 0 Å². The fourth-order valence-corrected chi connectivity index (χ4v) is 2.83. The summed E-state index contributed by atoms with van der Waals surface area (Å²) < 4.78 is 31.9. The van der Waals surface area contributed by atoms with Crippen LogP contribution in [0.25, 0.3) is 0 Å². The topological polar surface area (TPSA) is 52.6 Å². The lowest BCUT2D eigenvalue weighted by Crippen LogP contribution is -2.17. The van der Waals surface area contributed by atoms with Gasteiger partial charge in [-0.1, -0.05) is 58.3 Å². The summed E-state index contributed by atoms with van der Waals surface area (Å²) in [7, 11) is -3.79. The third-order valence-corrected chi connectivity index (χ3v) is 4.10. The van der Waals surface area contributed by atoms with Gasteiger partial charge in [0.2, 0.25) is 0 Å². The first kappa shape index (κ1) is 18.9. The van der Waals surface area contributed by atoms with Crippen LogP contribution in [0.3, 0.4) is 0 Å². The lowest BCUT2D eigenvalue weighted by Gasteiger charge is -2.11. The second kappa shape index (κ2) is 11.7. The van der Waals surface area contributed by atoms with Crippen molar-refractivity contribution in [3.63, 3.8) is 0 Å². The average molecular weight is 294 g/mol. The Labute approximate surface area is 119 Å². The van der Waals surface area contributed by atoms with Crippen molar-refractivity contribution >= 4 is 10.4 Å². The predicted molar refractivity (Wildman–Crippen MR) is 78.3 cm³/mol. The fraction of sp³-hybridized carbons (Fsp3) is 1.00. The highest BCUT2D eigenvalue weighted by Crippen LogP contribution is 2.13. The SMILES string of the molecule is CCCCCCCCCCC(C)OS(=O)(=O)OCC. The highest BCUT2D eigenvalue weighted by Gasteiger charge is 2.15. The number of hydrogen-bond acceptors (Lipinski definition) is 4. The summed E-state index contributed by atoms with van der Waals surface area (Å²) >= 11 is 0. The normalized spacial score (nSPS) is 13.6. The van der Waals surface area contributed by atoms with Gasteiger partial charge in [0.25, 0.3) is 0 Å². The van der Waals surface area contributed by atoms with E-state index in [0.29, 0.717) is 0 Å². The van der Waals surface area contributed by atoms with Crippen LogP contribution in [0.5, 0.6) is 0 Å². The molecule has 0 aliphatic rings. The molecule has 0 rings (SSSR count). The zero-order valence-electron chi connectivity index (χ0n) is 12.7. The molecule has 0 aliphatic heterocycles. The van der Waals surface area contributed by atoms with Gasteiger partial charge >= 0.3 is 10.4 Å². The monoisotopic (exact) mass is 294 g/mol. The molecule has 0 amide bonds. The largest absolute Gasteiger partial charge is 0.400 e. The molecule has 0 aliphatic carbocycles. The molecule has 0 radical (unpaired) electrons.